The molecule has 0 spiro atoms. The van der Waals surface area contributed by atoms with Crippen LogP contribution >= 0.6 is 0 Å². The van der Waals surface area contributed by atoms with Crippen molar-refractivity contribution in [3.63, 3.8) is 0 Å². The molecule has 1 saturated heterocycles. The first-order valence-corrected chi connectivity index (χ1v) is 4.74. The lowest BCUT2D eigenvalue weighted by Crippen LogP contribution is -2.42. The number of hydrogen-bond donors (Lipinski definition) is 2. The molecular formula is C10H11N3O. The number of nitrogens with zero attached hydrogens (tertiary/aromatic N) is 2. The van der Waals surface area contributed by atoms with Crippen LogP contribution in [0.3, 0.4) is 0 Å². The molecule has 2 heterocycles. The van der Waals surface area contributed by atoms with Crippen molar-refractivity contribution in [3.05, 3.63) is 28.8 Å². The van der Waals surface area contributed by atoms with E-state index in [4.69, 9.17) is 0 Å². The zero-order valence-electron chi connectivity index (χ0n) is 7.64. The predicted molar refractivity (Wildman–Crippen MR) is 51.6 cm³/mol. The second-order valence-electron chi connectivity index (χ2n) is 3.55. The topological polar surface area (TPSA) is 47.9 Å². The Morgan fingerprint density at radius 1 is 1.50 bits per heavy atom. The molecular weight excluding hydrogens is 178 g/mol. The highest BCUT2D eigenvalue weighted by atomic mass is 16.3. The Labute approximate surface area is 81.2 Å². The fourth-order valence-electron chi connectivity index (χ4n) is 1.91. The van der Waals surface area contributed by atoms with Crippen LogP contribution in [0.5, 0.6) is 5.75 Å². The zero-order chi connectivity index (χ0) is 9.54. The van der Waals surface area contributed by atoms with Crippen molar-refractivity contribution in [2.75, 3.05) is 6.54 Å². The molecule has 1 aromatic carbocycles. The number of fused-ring (bicyclic) bond motifs is 2. The van der Waals surface area contributed by atoms with Gasteiger partial charge in [0.1, 0.15) is 11.9 Å². The van der Waals surface area contributed by atoms with Gasteiger partial charge in [0, 0.05) is 19.2 Å². The van der Waals surface area contributed by atoms with Crippen molar-refractivity contribution in [3.8, 4) is 5.75 Å². The molecule has 14 heavy (non-hydrogen) atoms. The highest BCUT2D eigenvalue weighted by Gasteiger charge is 2.22. The van der Waals surface area contributed by atoms with Gasteiger partial charge in [0.05, 0.1) is 10.6 Å². The lowest BCUT2D eigenvalue weighted by molar-refractivity contribution is 0.301. The van der Waals surface area contributed by atoms with Gasteiger partial charge in [0.25, 0.3) is 0 Å². The summed E-state index contributed by atoms with van der Waals surface area (Å²) < 4.78 is 0. The summed E-state index contributed by atoms with van der Waals surface area (Å²) in [5.41, 5.74) is 3.20. The molecule has 0 bridgehead atoms. The Morgan fingerprint density at radius 3 is 3.36 bits per heavy atom. The van der Waals surface area contributed by atoms with Gasteiger partial charge in [0.15, 0.2) is 0 Å². The Hall–Kier alpha value is -1.55. The molecule has 2 aliphatic rings. The monoisotopic (exact) mass is 189 g/mol. The van der Waals surface area contributed by atoms with Gasteiger partial charge in [-0.25, -0.2) is 5.43 Å². The van der Waals surface area contributed by atoms with E-state index in [9.17, 15) is 5.11 Å². The average molecular weight is 189 g/mol. The number of hydrazine groups is 1. The third-order valence-electron chi connectivity index (χ3n) is 2.63. The number of phenolic OH excluding ortho intramolecular Hbond substituents is 1. The van der Waals surface area contributed by atoms with Gasteiger partial charge < -0.3 is 5.11 Å². The Bertz CT molecular complexity index is 483. The Kier molecular flexibility index (Phi) is 1.52. The minimum Gasteiger partial charge on any atom is -0.507 e. The van der Waals surface area contributed by atoms with E-state index in [0.29, 0.717) is 5.75 Å². The van der Waals surface area contributed by atoms with Crippen molar-refractivity contribution in [1.29, 1.82) is 0 Å². The first-order chi connectivity index (χ1) is 6.84. The number of benzene rings is 1. The van der Waals surface area contributed by atoms with E-state index >= 15 is 0 Å². The summed E-state index contributed by atoms with van der Waals surface area (Å²) in [6.45, 7) is 0.944. The van der Waals surface area contributed by atoms with Gasteiger partial charge in [-0.1, -0.05) is 6.07 Å². The minimum atomic E-state index is 0.198. The fraction of sp³-hybridized carbons (Fsp3) is 0.300. The molecule has 72 valence electrons. The molecule has 2 aliphatic heterocycles. The molecule has 4 heteroatoms. The minimum absolute atomic E-state index is 0.198. The van der Waals surface area contributed by atoms with Crippen LogP contribution in [-0.2, 0) is 0 Å². The first kappa shape index (κ1) is 7.82. The van der Waals surface area contributed by atoms with Crippen molar-refractivity contribution < 1.29 is 5.11 Å². The smallest absolute Gasteiger partial charge is 0.136 e. The van der Waals surface area contributed by atoms with E-state index in [1.165, 1.54) is 0 Å². The van der Waals surface area contributed by atoms with Gasteiger partial charge in [-0.15, -0.1) is 0 Å². The second kappa shape index (κ2) is 2.72. The van der Waals surface area contributed by atoms with Crippen LogP contribution in [0, 0.1) is 0 Å². The average Bonchev–Trinajstić information content (AvgIpc) is 2.62. The van der Waals surface area contributed by atoms with Crippen molar-refractivity contribution in [2.24, 2.45) is 4.99 Å². The molecule has 0 radical (unpaired) electrons. The Balaban J connectivity index is 2.28. The summed E-state index contributed by atoms with van der Waals surface area (Å²) in [6.07, 6.45) is 3.14. The molecule has 4 nitrogen and oxygen atoms in total. The number of aromatic hydroxyl groups is 1. The van der Waals surface area contributed by atoms with E-state index in [-0.39, 0.29) is 6.17 Å². The maximum Gasteiger partial charge on any atom is 0.136 e. The van der Waals surface area contributed by atoms with Gasteiger partial charge >= 0.3 is 0 Å². The van der Waals surface area contributed by atoms with Crippen LogP contribution in [0.2, 0.25) is 0 Å². The normalized spacial score (nSPS) is 23.4. The summed E-state index contributed by atoms with van der Waals surface area (Å²) in [6, 6.07) is 5.44. The van der Waals surface area contributed by atoms with Crippen molar-refractivity contribution >= 4 is 6.20 Å². The zero-order valence-corrected chi connectivity index (χ0v) is 7.64. The highest BCUT2D eigenvalue weighted by molar-refractivity contribution is 5.34. The highest BCUT2D eigenvalue weighted by Crippen LogP contribution is 2.12. The molecule has 3 rings (SSSR count). The van der Waals surface area contributed by atoms with Crippen LogP contribution in [0.15, 0.2) is 23.2 Å². The standard InChI is InChI=1S/C10H11N3O/c14-9-3-1-2-8-7(9)6-13-10(12-8)4-5-11-13/h1-3,6,10-11,14H,4-5H2. The van der Waals surface area contributed by atoms with Crippen molar-refractivity contribution in [1.82, 2.24) is 10.4 Å². The van der Waals surface area contributed by atoms with Crippen LogP contribution in [0.4, 0.5) is 0 Å². The Morgan fingerprint density at radius 2 is 2.43 bits per heavy atom. The van der Waals surface area contributed by atoms with Crippen LogP contribution in [0.1, 0.15) is 6.42 Å². The fourth-order valence-corrected chi connectivity index (χ4v) is 1.91. The van der Waals surface area contributed by atoms with E-state index < -0.39 is 0 Å². The lowest BCUT2D eigenvalue weighted by Gasteiger charge is -2.21. The maximum absolute atomic E-state index is 9.63. The van der Waals surface area contributed by atoms with E-state index in [2.05, 4.69) is 10.4 Å². The summed E-state index contributed by atoms with van der Waals surface area (Å²) in [5, 5.41) is 13.3. The molecule has 2 N–H and O–H groups in total. The lowest BCUT2D eigenvalue weighted by atomic mass is 10.2. The predicted octanol–water partition coefficient (Wildman–Crippen LogP) is -0.700. The van der Waals surface area contributed by atoms with E-state index in [1.807, 2.05) is 23.3 Å². The van der Waals surface area contributed by atoms with Crippen LogP contribution in [-0.4, -0.2) is 22.8 Å². The molecule has 0 saturated carbocycles. The number of nitrogens with one attached hydrogen (secondary N) is 1. The van der Waals surface area contributed by atoms with Crippen LogP contribution < -0.4 is 16.0 Å². The van der Waals surface area contributed by atoms with Gasteiger partial charge in [-0.05, 0) is 12.1 Å². The molecule has 0 aromatic heterocycles. The van der Waals surface area contributed by atoms with E-state index in [1.54, 1.807) is 6.07 Å². The summed E-state index contributed by atoms with van der Waals surface area (Å²) in [5.74, 6) is 0.290. The SMILES string of the molecule is Oc1cccc2c1=CN1NCCC1N=2. The first-order valence-electron chi connectivity index (χ1n) is 4.74. The summed E-state index contributed by atoms with van der Waals surface area (Å²) in [7, 11) is 0. The van der Waals surface area contributed by atoms with Crippen LogP contribution in [0.25, 0.3) is 6.20 Å². The number of phenols is 1. The van der Waals surface area contributed by atoms with E-state index in [0.717, 1.165) is 23.5 Å². The summed E-state index contributed by atoms with van der Waals surface area (Å²) in [4.78, 5) is 4.54. The largest absolute Gasteiger partial charge is 0.507 e. The second-order valence-corrected chi connectivity index (χ2v) is 3.55. The van der Waals surface area contributed by atoms with Gasteiger partial charge in [-0.2, -0.15) is 0 Å². The molecule has 1 atom stereocenters. The molecule has 1 fully saturated rings. The molecule has 0 amide bonds. The molecule has 1 unspecified atom stereocenters. The third kappa shape index (κ3) is 1.01. The quantitative estimate of drug-likeness (QED) is 0.567. The summed E-state index contributed by atoms with van der Waals surface area (Å²) >= 11 is 0. The molecule has 1 aromatic rings. The van der Waals surface area contributed by atoms with Crippen molar-refractivity contribution in [2.45, 2.75) is 12.6 Å². The number of hydrogen-bond acceptors (Lipinski definition) is 4. The number of rotatable bonds is 0. The maximum atomic E-state index is 9.63. The van der Waals surface area contributed by atoms with Gasteiger partial charge in [-0.3, -0.25) is 10.0 Å². The molecule has 0 aliphatic carbocycles. The van der Waals surface area contributed by atoms with Gasteiger partial charge in [0.2, 0.25) is 0 Å². The third-order valence-corrected chi connectivity index (χ3v) is 2.63.